The van der Waals surface area contributed by atoms with Crippen LogP contribution in [0.15, 0.2) is 97.1 Å². The van der Waals surface area contributed by atoms with E-state index in [1.165, 1.54) is 86.9 Å². The van der Waals surface area contributed by atoms with E-state index in [0.717, 1.165) is 6.42 Å². The molecule has 8 rings (SSSR count). The predicted octanol–water partition coefficient (Wildman–Crippen LogP) is 11.7. The van der Waals surface area contributed by atoms with E-state index in [2.05, 4.69) is 139 Å². The molecule has 0 amide bonds. The van der Waals surface area contributed by atoms with Gasteiger partial charge in [0.2, 0.25) is 0 Å². The highest BCUT2D eigenvalue weighted by Gasteiger charge is 2.20. The van der Waals surface area contributed by atoms with Gasteiger partial charge in [-0.05, 0) is 104 Å². The van der Waals surface area contributed by atoms with Crippen molar-refractivity contribution < 1.29 is 0 Å². The maximum Gasteiger partial charge on any atom is -0.00134 e. The first-order valence-corrected chi connectivity index (χ1v) is 15.0. The monoisotopic (exact) mass is 528 g/mol. The summed E-state index contributed by atoms with van der Waals surface area (Å²) in [6.45, 7) is 13.8. The maximum absolute atomic E-state index is 2.40. The lowest BCUT2D eigenvalue weighted by atomic mass is 9.82. The summed E-state index contributed by atoms with van der Waals surface area (Å²) in [7, 11) is 0. The molecule has 0 heterocycles. The lowest BCUT2D eigenvalue weighted by Gasteiger charge is -2.22. The highest BCUT2D eigenvalue weighted by Crippen LogP contribution is 2.42. The van der Waals surface area contributed by atoms with E-state index in [4.69, 9.17) is 0 Å². The van der Waals surface area contributed by atoms with Gasteiger partial charge < -0.3 is 0 Å². The Kier molecular flexibility index (Phi) is 4.92. The van der Waals surface area contributed by atoms with Gasteiger partial charge >= 0.3 is 0 Å². The van der Waals surface area contributed by atoms with E-state index in [-0.39, 0.29) is 10.8 Å². The maximum atomic E-state index is 2.40. The molecule has 0 unspecified atom stereocenters. The number of rotatable bonds is 2. The molecule has 0 saturated heterocycles. The summed E-state index contributed by atoms with van der Waals surface area (Å²) in [5.74, 6) is 0. The number of hydrogen-bond acceptors (Lipinski definition) is 0. The molecule has 0 spiro atoms. The van der Waals surface area contributed by atoms with Crippen molar-refractivity contribution in [2.75, 3.05) is 0 Å². The first-order valence-electron chi connectivity index (χ1n) is 15.0. The molecular formula is C41H36. The van der Waals surface area contributed by atoms with Crippen LogP contribution < -0.4 is 0 Å². The third kappa shape index (κ3) is 3.66. The van der Waals surface area contributed by atoms with Crippen molar-refractivity contribution >= 4 is 64.6 Å². The first kappa shape index (κ1) is 24.6. The van der Waals surface area contributed by atoms with Crippen molar-refractivity contribution in [3.05, 3.63) is 119 Å². The van der Waals surface area contributed by atoms with Crippen molar-refractivity contribution in [3.8, 4) is 0 Å². The fraction of sp³-hybridized carbons (Fsp3) is 0.220. The van der Waals surface area contributed by atoms with Crippen LogP contribution in [0.5, 0.6) is 0 Å². The molecule has 0 aromatic heterocycles. The van der Waals surface area contributed by atoms with Gasteiger partial charge in [-0.25, -0.2) is 0 Å². The molecule has 0 aliphatic heterocycles. The fourth-order valence-electron chi connectivity index (χ4n) is 7.14. The summed E-state index contributed by atoms with van der Waals surface area (Å²) < 4.78 is 0. The van der Waals surface area contributed by atoms with Crippen LogP contribution in [0.25, 0.3) is 64.6 Å². The van der Waals surface area contributed by atoms with E-state index < -0.39 is 0 Å². The number of benzene rings is 8. The van der Waals surface area contributed by atoms with E-state index in [1.807, 2.05) is 0 Å². The summed E-state index contributed by atoms with van der Waals surface area (Å²) in [5.41, 5.74) is 5.84. The summed E-state index contributed by atoms with van der Waals surface area (Å²) in [6, 6.07) is 37.7. The highest BCUT2D eigenvalue weighted by atomic mass is 14.2. The van der Waals surface area contributed by atoms with Gasteiger partial charge in [0, 0.05) is 0 Å². The van der Waals surface area contributed by atoms with E-state index in [0.29, 0.717) is 0 Å². The van der Waals surface area contributed by atoms with Crippen molar-refractivity contribution in [2.24, 2.45) is 0 Å². The normalized spacial score (nSPS) is 13.2. The van der Waals surface area contributed by atoms with Crippen molar-refractivity contribution in [3.63, 3.8) is 0 Å². The van der Waals surface area contributed by atoms with E-state index in [9.17, 15) is 0 Å². The molecule has 0 saturated carbocycles. The molecule has 200 valence electrons. The van der Waals surface area contributed by atoms with Crippen LogP contribution in [0.2, 0.25) is 0 Å². The van der Waals surface area contributed by atoms with Crippen LogP contribution in [-0.4, -0.2) is 0 Å². The third-order valence-corrected chi connectivity index (χ3v) is 9.49. The molecule has 0 bridgehead atoms. The summed E-state index contributed by atoms with van der Waals surface area (Å²) in [4.78, 5) is 0. The Morgan fingerprint density at radius 3 is 1.05 bits per heavy atom. The molecular weight excluding hydrogens is 492 g/mol. The third-order valence-electron chi connectivity index (χ3n) is 9.49. The molecule has 8 aromatic rings. The molecule has 0 N–H and O–H groups in total. The van der Waals surface area contributed by atoms with E-state index in [1.54, 1.807) is 0 Å². The van der Waals surface area contributed by atoms with Gasteiger partial charge in [-0.15, -0.1) is 0 Å². The van der Waals surface area contributed by atoms with Crippen LogP contribution >= 0.6 is 0 Å². The van der Waals surface area contributed by atoms with Gasteiger partial charge in [0.25, 0.3) is 0 Å². The van der Waals surface area contributed by atoms with Gasteiger partial charge in [-0.2, -0.15) is 0 Å². The zero-order valence-corrected chi connectivity index (χ0v) is 24.9. The second kappa shape index (κ2) is 8.20. The zero-order chi connectivity index (χ0) is 28.3. The van der Waals surface area contributed by atoms with E-state index >= 15 is 0 Å². The topological polar surface area (TPSA) is 0 Å². The molecule has 0 nitrogen and oxygen atoms in total. The Labute approximate surface area is 242 Å². The van der Waals surface area contributed by atoms with Crippen LogP contribution in [0.1, 0.15) is 63.8 Å². The molecule has 8 aromatic carbocycles. The average Bonchev–Trinajstić information content (AvgIpc) is 2.94. The quantitative estimate of drug-likeness (QED) is 0.196. The Bertz CT molecular complexity index is 2080. The van der Waals surface area contributed by atoms with Crippen LogP contribution in [0.3, 0.4) is 0 Å². The minimum absolute atomic E-state index is 0.124. The SMILES string of the molecule is CC(C)(C)c1cc2ccc3ccc(Cc4ccc5ccc6cc(C(C)(C)C)cc7ccc4c5c67)c4ccc(c1)c2c34. The van der Waals surface area contributed by atoms with Crippen LogP contribution in [0, 0.1) is 0 Å². The van der Waals surface area contributed by atoms with Gasteiger partial charge in [0.05, 0.1) is 0 Å². The van der Waals surface area contributed by atoms with Gasteiger partial charge in [0.15, 0.2) is 0 Å². The lowest BCUT2D eigenvalue weighted by Crippen LogP contribution is -2.10. The van der Waals surface area contributed by atoms with Crippen molar-refractivity contribution in [2.45, 2.75) is 58.8 Å². The second-order valence-electron chi connectivity index (χ2n) is 14.3. The average molecular weight is 529 g/mol. The van der Waals surface area contributed by atoms with Crippen molar-refractivity contribution in [1.29, 1.82) is 0 Å². The van der Waals surface area contributed by atoms with Crippen molar-refractivity contribution in [1.82, 2.24) is 0 Å². The minimum Gasteiger partial charge on any atom is -0.0575 e. The Morgan fingerprint density at radius 1 is 0.366 bits per heavy atom. The smallest absolute Gasteiger partial charge is 0.00134 e. The second-order valence-corrected chi connectivity index (χ2v) is 14.3. The minimum atomic E-state index is 0.124. The van der Waals surface area contributed by atoms with Crippen LogP contribution in [-0.2, 0) is 17.3 Å². The molecule has 0 aliphatic carbocycles. The molecule has 0 heteroatoms. The van der Waals surface area contributed by atoms with Crippen LogP contribution in [0.4, 0.5) is 0 Å². The predicted molar refractivity (Wildman–Crippen MR) is 180 cm³/mol. The fourth-order valence-corrected chi connectivity index (χ4v) is 7.14. The number of hydrogen-bond donors (Lipinski definition) is 0. The molecule has 41 heavy (non-hydrogen) atoms. The Hall–Kier alpha value is -4.16. The molecule has 0 radical (unpaired) electrons. The summed E-state index contributed by atoms with van der Waals surface area (Å²) >= 11 is 0. The lowest BCUT2D eigenvalue weighted by molar-refractivity contribution is 0.591. The Morgan fingerprint density at radius 2 is 0.683 bits per heavy atom. The zero-order valence-electron chi connectivity index (χ0n) is 24.9. The Balaban J connectivity index is 1.33. The largest absolute Gasteiger partial charge is 0.0575 e. The molecule has 0 atom stereocenters. The molecule has 0 fully saturated rings. The summed E-state index contributed by atoms with van der Waals surface area (Å²) in [6.07, 6.45) is 0.919. The van der Waals surface area contributed by atoms with Gasteiger partial charge in [-0.3, -0.25) is 0 Å². The van der Waals surface area contributed by atoms with Gasteiger partial charge in [-0.1, -0.05) is 139 Å². The standard InChI is InChI=1S/C41H36/c1-40(2,3)32-20-28-13-9-24-7-11-26(34-17-15-30(22-32)36(28)38(24)34)19-27-12-8-25-10-14-29-21-33(41(4,5)6)23-31-16-18-35(27)39(25)37(29)31/h7-18,20-23H,19H2,1-6H3. The van der Waals surface area contributed by atoms with Gasteiger partial charge in [0.1, 0.15) is 0 Å². The molecule has 0 aliphatic rings. The first-order chi connectivity index (χ1) is 19.6. The summed E-state index contributed by atoms with van der Waals surface area (Å²) in [5, 5.41) is 16.4. The highest BCUT2D eigenvalue weighted by molar-refractivity contribution is 6.25.